The van der Waals surface area contributed by atoms with Crippen LogP contribution in [0.3, 0.4) is 0 Å². The number of benzene rings is 3. The highest BCUT2D eigenvalue weighted by Crippen LogP contribution is 2.37. The summed E-state index contributed by atoms with van der Waals surface area (Å²) in [6.07, 6.45) is 9.72. The molecule has 0 spiro atoms. The molecule has 0 radical (unpaired) electrons. The molecule has 0 bridgehead atoms. The molecule has 2 aromatic heterocycles. The Morgan fingerprint density at radius 1 is 1.02 bits per heavy atom. The Labute approximate surface area is 377 Å². The number of piperidine rings is 3. The summed E-state index contributed by atoms with van der Waals surface area (Å²) in [5.74, 6) is -1.09. The molecule has 342 valence electrons. The second kappa shape index (κ2) is 19.1. The van der Waals surface area contributed by atoms with Crippen LogP contribution in [0, 0.1) is 23.1 Å². The number of amides is 3. The van der Waals surface area contributed by atoms with Gasteiger partial charge in [-0.15, -0.1) is 0 Å². The zero-order valence-electron chi connectivity index (χ0n) is 36.9. The number of rotatable bonds is 14. The van der Waals surface area contributed by atoms with Crippen LogP contribution in [-0.4, -0.2) is 101 Å². The van der Waals surface area contributed by atoms with Gasteiger partial charge in [0.25, 0.3) is 5.56 Å². The van der Waals surface area contributed by atoms with Crippen molar-refractivity contribution in [3.8, 4) is 17.6 Å². The van der Waals surface area contributed by atoms with Gasteiger partial charge in [-0.3, -0.25) is 38.7 Å². The lowest BCUT2D eigenvalue weighted by Gasteiger charge is -2.36. The minimum atomic E-state index is -4.01. The van der Waals surface area contributed by atoms with Crippen LogP contribution in [0.4, 0.5) is 10.1 Å². The molecule has 0 aliphatic carbocycles. The van der Waals surface area contributed by atoms with Gasteiger partial charge in [-0.2, -0.15) is 18.0 Å². The lowest BCUT2D eigenvalue weighted by atomic mass is 9.87. The van der Waals surface area contributed by atoms with Crippen LogP contribution in [-0.2, 0) is 38.2 Å². The number of ether oxygens (including phenoxy) is 1. The van der Waals surface area contributed by atoms with E-state index in [2.05, 4.69) is 42.7 Å². The van der Waals surface area contributed by atoms with Crippen LogP contribution in [0.5, 0.6) is 11.5 Å². The standard InChI is InChI=1S/C47H54FN9O7S/c1-4-54(3)65(62,63)52-41-13-11-39(48)45(37(41)26-49)64-33-8-12-40-36(25-33)47(61)57(29-50-40)19-5-6-30-15-22-56(23-16-30)44(59)28-55-20-17-31(18-21-55)32-7-9-34-38(27-53(2)42(34)24-32)35-10-14-43(58)51-46(35)60/h7-9,11-13,24-25,27,29-31,35,52H,4-6,10,14-23,28H2,1-3H3,(H,51,58,60). The maximum atomic E-state index is 15.0. The number of halogens is 1. The molecule has 5 aromatic rings. The molecule has 3 saturated heterocycles. The predicted octanol–water partition coefficient (Wildman–Crippen LogP) is 5.72. The molecule has 5 heterocycles. The molecular formula is C47H54FN9O7S. The number of aromatic nitrogens is 3. The van der Waals surface area contributed by atoms with Gasteiger partial charge in [0.05, 0.1) is 35.4 Å². The molecule has 2 N–H and O–H groups in total. The molecule has 3 aliphatic rings. The summed E-state index contributed by atoms with van der Waals surface area (Å²) < 4.78 is 53.1. The zero-order valence-corrected chi connectivity index (χ0v) is 37.7. The fraction of sp³-hybridized carbons (Fsp3) is 0.447. The van der Waals surface area contributed by atoms with E-state index in [9.17, 15) is 32.9 Å². The Bertz CT molecular complexity index is 2860. The fourth-order valence-electron chi connectivity index (χ4n) is 9.41. The second-order valence-electron chi connectivity index (χ2n) is 17.4. The number of nitriles is 1. The normalized spacial score (nSPS) is 18.0. The SMILES string of the molecule is CCN(C)S(=O)(=O)Nc1ccc(F)c(Oc2ccc3ncn(CCCC4CCN(C(=O)CN5CCC(c6ccc7c(C8CCC(=O)NC8=O)cn(C)c7c6)CC5)CC4)c(=O)c3c2)c1C#N. The van der Waals surface area contributed by atoms with E-state index >= 15 is 4.39 Å². The molecule has 3 fully saturated rings. The number of hydrogen-bond acceptors (Lipinski definition) is 10. The van der Waals surface area contributed by atoms with E-state index in [1.54, 1.807) is 13.0 Å². The average molecular weight is 908 g/mol. The van der Waals surface area contributed by atoms with Gasteiger partial charge in [0.1, 0.15) is 17.4 Å². The molecule has 3 amide bonds. The third kappa shape index (κ3) is 9.77. The number of imide groups is 1. The lowest BCUT2D eigenvalue weighted by Crippen LogP contribution is -2.46. The summed E-state index contributed by atoms with van der Waals surface area (Å²) in [6.45, 7) is 5.76. The highest BCUT2D eigenvalue weighted by Gasteiger charge is 2.32. The van der Waals surface area contributed by atoms with Gasteiger partial charge in [-0.25, -0.2) is 9.37 Å². The molecule has 8 rings (SSSR count). The number of fused-ring (bicyclic) bond motifs is 2. The largest absolute Gasteiger partial charge is 0.453 e. The van der Waals surface area contributed by atoms with E-state index in [4.69, 9.17) is 4.74 Å². The minimum absolute atomic E-state index is 0.0756. The summed E-state index contributed by atoms with van der Waals surface area (Å²) in [5, 5.41) is 13.7. The predicted molar refractivity (Wildman–Crippen MR) is 243 cm³/mol. The monoisotopic (exact) mass is 907 g/mol. The van der Waals surface area contributed by atoms with Gasteiger partial charge in [0.15, 0.2) is 11.6 Å². The minimum Gasteiger partial charge on any atom is -0.453 e. The molecular weight excluding hydrogens is 854 g/mol. The van der Waals surface area contributed by atoms with E-state index in [-0.39, 0.29) is 58.1 Å². The van der Waals surface area contributed by atoms with Crippen molar-refractivity contribution in [2.75, 3.05) is 51.0 Å². The smallest absolute Gasteiger partial charge is 0.301 e. The highest BCUT2D eigenvalue weighted by molar-refractivity contribution is 7.90. The molecule has 3 aromatic carbocycles. The van der Waals surface area contributed by atoms with Gasteiger partial charge in [-0.1, -0.05) is 19.1 Å². The highest BCUT2D eigenvalue weighted by atomic mass is 32.2. The molecule has 0 saturated carbocycles. The molecule has 1 unspecified atom stereocenters. The van der Waals surface area contributed by atoms with E-state index in [1.807, 2.05) is 24.2 Å². The maximum absolute atomic E-state index is 15.0. The quantitative estimate of drug-likeness (QED) is 0.130. The first-order valence-corrected chi connectivity index (χ1v) is 23.7. The van der Waals surface area contributed by atoms with Crippen LogP contribution >= 0.6 is 0 Å². The van der Waals surface area contributed by atoms with Crippen LogP contribution in [0.2, 0.25) is 0 Å². The summed E-state index contributed by atoms with van der Waals surface area (Å²) in [4.78, 5) is 60.0. The first-order chi connectivity index (χ1) is 31.2. The fourth-order valence-corrected chi connectivity index (χ4v) is 10.4. The molecule has 65 heavy (non-hydrogen) atoms. The molecule has 3 aliphatic heterocycles. The van der Waals surface area contributed by atoms with Gasteiger partial charge in [-0.05, 0) is 117 Å². The van der Waals surface area contributed by atoms with Crippen LogP contribution < -0.4 is 20.3 Å². The van der Waals surface area contributed by atoms with Crippen LogP contribution in [0.25, 0.3) is 21.8 Å². The summed E-state index contributed by atoms with van der Waals surface area (Å²) in [7, 11) is -0.647. The summed E-state index contributed by atoms with van der Waals surface area (Å²) in [5.41, 5.74) is 2.92. The Morgan fingerprint density at radius 2 is 1.78 bits per heavy atom. The number of hydrogen-bond donors (Lipinski definition) is 2. The van der Waals surface area contributed by atoms with Crippen molar-refractivity contribution in [2.24, 2.45) is 13.0 Å². The van der Waals surface area contributed by atoms with Crippen LogP contribution in [0.1, 0.15) is 86.8 Å². The van der Waals surface area contributed by atoms with Crippen molar-refractivity contribution in [2.45, 2.75) is 76.7 Å². The number of nitrogens with zero attached hydrogens (tertiary/aromatic N) is 7. The third-order valence-electron chi connectivity index (χ3n) is 13.4. The number of carbonyl (C=O) groups excluding carboxylic acids is 3. The lowest BCUT2D eigenvalue weighted by molar-refractivity contribution is -0.135. The number of likely N-dealkylation sites (tertiary alicyclic amines) is 2. The van der Waals surface area contributed by atoms with Crippen LogP contribution in [0.15, 0.2) is 65.8 Å². The van der Waals surface area contributed by atoms with Gasteiger partial charge >= 0.3 is 10.2 Å². The van der Waals surface area contributed by atoms with Gasteiger partial charge < -0.3 is 14.2 Å². The number of nitrogens with one attached hydrogen (secondary N) is 2. The van der Waals surface area contributed by atoms with Crippen molar-refractivity contribution in [1.82, 2.24) is 33.5 Å². The van der Waals surface area contributed by atoms with Crippen molar-refractivity contribution >= 4 is 55.4 Å². The average Bonchev–Trinajstić information content (AvgIpc) is 3.63. The Morgan fingerprint density at radius 3 is 2.51 bits per heavy atom. The second-order valence-corrected chi connectivity index (χ2v) is 19.2. The molecule has 16 nitrogen and oxygen atoms in total. The number of carbonyl (C=O) groups is 3. The summed E-state index contributed by atoms with van der Waals surface area (Å²) in [6, 6.07) is 15.0. The van der Waals surface area contributed by atoms with Crippen molar-refractivity contribution in [1.29, 1.82) is 5.26 Å². The molecule has 18 heteroatoms. The molecule has 1 atom stereocenters. The topological polar surface area (TPSA) is 192 Å². The Balaban J connectivity index is 0.802. The Hall–Kier alpha value is -6.16. The third-order valence-corrected chi connectivity index (χ3v) is 14.9. The van der Waals surface area contributed by atoms with E-state index in [0.29, 0.717) is 56.4 Å². The zero-order chi connectivity index (χ0) is 46.0. The van der Waals surface area contributed by atoms with Crippen molar-refractivity contribution in [3.63, 3.8) is 0 Å². The number of anilines is 1. The van der Waals surface area contributed by atoms with Crippen molar-refractivity contribution < 1.29 is 31.9 Å². The van der Waals surface area contributed by atoms with Gasteiger partial charge in [0, 0.05) is 63.8 Å². The maximum Gasteiger partial charge on any atom is 0.301 e. The first-order valence-electron chi connectivity index (χ1n) is 22.3. The number of aryl methyl sites for hydroxylation is 2. The summed E-state index contributed by atoms with van der Waals surface area (Å²) >= 11 is 0. The van der Waals surface area contributed by atoms with E-state index in [0.717, 1.165) is 84.5 Å². The van der Waals surface area contributed by atoms with E-state index < -0.39 is 21.8 Å². The van der Waals surface area contributed by atoms with Crippen molar-refractivity contribution in [3.05, 3.63) is 93.9 Å². The van der Waals surface area contributed by atoms with E-state index in [1.165, 1.54) is 35.6 Å². The first kappa shape index (κ1) is 45.4. The van der Waals surface area contributed by atoms with Gasteiger partial charge in [0.2, 0.25) is 17.7 Å². The Kier molecular flexibility index (Phi) is 13.4.